The van der Waals surface area contributed by atoms with Gasteiger partial charge in [0.1, 0.15) is 6.29 Å². The summed E-state index contributed by atoms with van der Waals surface area (Å²) < 4.78 is 0. The first-order valence-electron chi connectivity index (χ1n) is 3.80. The van der Waals surface area contributed by atoms with Gasteiger partial charge in [-0.3, -0.25) is 0 Å². The van der Waals surface area contributed by atoms with Crippen LogP contribution in [0, 0.1) is 11.3 Å². The Hall–Kier alpha value is -0.370. The number of aliphatic hydroxyl groups is 1. The zero-order valence-electron chi connectivity index (χ0n) is 6.34. The lowest BCUT2D eigenvalue weighted by atomic mass is 9.88. The maximum absolute atomic E-state index is 10.5. The molecule has 0 heterocycles. The van der Waals surface area contributed by atoms with E-state index in [1.54, 1.807) is 0 Å². The highest BCUT2D eigenvalue weighted by atomic mass is 16.3. The van der Waals surface area contributed by atoms with Crippen LogP contribution < -0.4 is 0 Å². The predicted octanol–water partition coefficient (Wildman–Crippen LogP) is 0.984. The molecule has 1 saturated carbocycles. The van der Waals surface area contributed by atoms with Gasteiger partial charge in [-0.2, -0.15) is 0 Å². The second-order valence-electron chi connectivity index (χ2n) is 3.49. The topological polar surface area (TPSA) is 37.3 Å². The Labute approximate surface area is 61.2 Å². The number of hydrogen-bond acceptors (Lipinski definition) is 2. The van der Waals surface area contributed by atoms with Crippen LogP contribution in [0.2, 0.25) is 0 Å². The quantitative estimate of drug-likeness (QED) is 0.584. The fourth-order valence-corrected chi connectivity index (χ4v) is 1.72. The third-order valence-electron chi connectivity index (χ3n) is 2.45. The number of carbonyl (C=O) groups is 1. The SMILES string of the molecule is CC1CCC(C=O)(CO)C1. The molecule has 2 heteroatoms. The molecule has 58 valence electrons. The van der Waals surface area contributed by atoms with Gasteiger partial charge < -0.3 is 9.90 Å². The maximum atomic E-state index is 10.5. The summed E-state index contributed by atoms with van der Waals surface area (Å²) in [5, 5.41) is 8.90. The van der Waals surface area contributed by atoms with Crippen molar-refractivity contribution in [1.29, 1.82) is 0 Å². The summed E-state index contributed by atoms with van der Waals surface area (Å²) >= 11 is 0. The standard InChI is InChI=1S/C8H14O2/c1-7-2-3-8(4-7,5-9)6-10/h5,7,10H,2-4,6H2,1H3. The van der Waals surface area contributed by atoms with Crippen LogP contribution in [0.15, 0.2) is 0 Å². The smallest absolute Gasteiger partial charge is 0.128 e. The van der Waals surface area contributed by atoms with Crippen LogP contribution in [0.4, 0.5) is 0 Å². The van der Waals surface area contributed by atoms with Crippen LogP contribution in [0.25, 0.3) is 0 Å². The number of hydrogen-bond donors (Lipinski definition) is 1. The lowest BCUT2D eigenvalue weighted by Crippen LogP contribution is -2.23. The minimum absolute atomic E-state index is 0.0286. The van der Waals surface area contributed by atoms with Crippen LogP contribution in [0.3, 0.4) is 0 Å². The van der Waals surface area contributed by atoms with E-state index in [1.807, 2.05) is 0 Å². The second kappa shape index (κ2) is 2.70. The molecule has 1 aliphatic carbocycles. The monoisotopic (exact) mass is 142 g/mol. The minimum Gasteiger partial charge on any atom is -0.395 e. The van der Waals surface area contributed by atoms with E-state index in [9.17, 15) is 4.79 Å². The van der Waals surface area contributed by atoms with Crippen LogP contribution in [-0.4, -0.2) is 18.0 Å². The zero-order chi connectivity index (χ0) is 7.61. The fraction of sp³-hybridized carbons (Fsp3) is 0.875. The first-order chi connectivity index (χ1) is 4.72. The molecule has 0 aliphatic heterocycles. The van der Waals surface area contributed by atoms with Gasteiger partial charge in [-0.25, -0.2) is 0 Å². The van der Waals surface area contributed by atoms with E-state index in [-0.39, 0.29) is 12.0 Å². The third-order valence-corrected chi connectivity index (χ3v) is 2.45. The summed E-state index contributed by atoms with van der Waals surface area (Å²) in [6.07, 6.45) is 3.75. The summed E-state index contributed by atoms with van der Waals surface area (Å²) in [6.45, 7) is 2.15. The first kappa shape index (κ1) is 7.73. The molecular formula is C8H14O2. The van der Waals surface area contributed by atoms with Crippen LogP contribution in [0.1, 0.15) is 26.2 Å². The maximum Gasteiger partial charge on any atom is 0.128 e. The minimum atomic E-state index is -0.376. The van der Waals surface area contributed by atoms with Crippen LogP contribution in [0.5, 0.6) is 0 Å². The molecule has 0 spiro atoms. The predicted molar refractivity (Wildman–Crippen MR) is 38.6 cm³/mol. The average Bonchev–Trinajstić information content (AvgIpc) is 2.33. The fourth-order valence-electron chi connectivity index (χ4n) is 1.72. The van der Waals surface area contributed by atoms with Gasteiger partial charge in [0.05, 0.1) is 6.61 Å². The van der Waals surface area contributed by atoms with Gasteiger partial charge in [0.25, 0.3) is 0 Å². The highest BCUT2D eigenvalue weighted by molar-refractivity contribution is 5.60. The van der Waals surface area contributed by atoms with Gasteiger partial charge in [-0.05, 0) is 25.2 Å². The van der Waals surface area contributed by atoms with Crippen molar-refractivity contribution in [3.63, 3.8) is 0 Å². The van der Waals surface area contributed by atoms with E-state index in [2.05, 4.69) is 6.92 Å². The number of rotatable bonds is 2. The van der Waals surface area contributed by atoms with Crippen molar-refractivity contribution < 1.29 is 9.90 Å². The molecule has 0 radical (unpaired) electrons. The van der Waals surface area contributed by atoms with Gasteiger partial charge >= 0.3 is 0 Å². The molecule has 1 N–H and O–H groups in total. The molecule has 0 bridgehead atoms. The highest BCUT2D eigenvalue weighted by Gasteiger charge is 2.36. The van der Waals surface area contributed by atoms with E-state index in [0.29, 0.717) is 5.92 Å². The van der Waals surface area contributed by atoms with E-state index in [4.69, 9.17) is 5.11 Å². The molecule has 2 nitrogen and oxygen atoms in total. The Kier molecular flexibility index (Phi) is 2.09. The number of carbonyl (C=O) groups excluding carboxylic acids is 1. The largest absolute Gasteiger partial charge is 0.395 e. The summed E-state index contributed by atoms with van der Waals surface area (Å²) in [7, 11) is 0. The molecular weight excluding hydrogens is 128 g/mol. The van der Waals surface area contributed by atoms with Crippen molar-refractivity contribution in [3.8, 4) is 0 Å². The molecule has 2 unspecified atom stereocenters. The molecule has 0 saturated heterocycles. The molecule has 0 aromatic heterocycles. The third kappa shape index (κ3) is 1.21. The van der Waals surface area contributed by atoms with Gasteiger partial charge in [0.2, 0.25) is 0 Å². The molecule has 0 amide bonds. The van der Waals surface area contributed by atoms with Gasteiger partial charge in [-0.15, -0.1) is 0 Å². The summed E-state index contributed by atoms with van der Waals surface area (Å²) in [4.78, 5) is 10.5. The van der Waals surface area contributed by atoms with Crippen LogP contribution in [-0.2, 0) is 4.79 Å². The lowest BCUT2D eigenvalue weighted by molar-refractivity contribution is -0.118. The van der Waals surface area contributed by atoms with Crippen molar-refractivity contribution in [2.45, 2.75) is 26.2 Å². The van der Waals surface area contributed by atoms with Crippen molar-refractivity contribution in [3.05, 3.63) is 0 Å². The van der Waals surface area contributed by atoms with Gasteiger partial charge in [0.15, 0.2) is 0 Å². The molecule has 1 fully saturated rings. The Morgan fingerprint density at radius 3 is 2.70 bits per heavy atom. The van der Waals surface area contributed by atoms with Crippen molar-refractivity contribution in [2.24, 2.45) is 11.3 Å². The Bertz CT molecular complexity index is 133. The number of aliphatic hydroxyl groups excluding tert-OH is 1. The normalized spacial score (nSPS) is 40.0. The molecule has 1 aliphatic rings. The summed E-state index contributed by atoms with van der Waals surface area (Å²) in [6, 6.07) is 0. The second-order valence-corrected chi connectivity index (χ2v) is 3.49. The average molecular weight is 142 g/mol. The van der Waals surface area contributed by atoms with Gasteiger partial charge in [-0.1, -0.05) is 6.92 Å². The summed E-state index contributed by atoms with van der Waals surface area (Å²) in [5.74, 6) is 0.609. The van der Waals surface area contributed by atoms with Crippen molar-refractivity contribution in [2.75, 3.05) is 6.61 Å². The molecule has 10 heavy (non-hydrogen) atoms. The summed E-state index contributed by atoms with van der Waals surface area (Å²) in [5.41, 5.74) is -0.376. The molecule has 2 atom stereocenters. The Balaban J connectivity index is 2.59. The Morgan fingerprint density at radius 1 is 1.80 bits per heavy atom. The van der Waals surface area contributed by atoms with E-state index >= 15 is 0 Å². The van der Waals surface area contributed by atoms with E-state index < -0.39 is 0 Å². The molecule has 0 aromatic rings. The number of aldehydes is 1. The van der Waals surface area contributed by atoms with Crippen LogP contribution >= 0.6 is 0 Å². The Morgan fingerprint density at radius 2 is 2.50 bits per heavy atom. The van der Waals surface area contributed by atoms with Gasteiger partial charge in [0, 0.05) is 5.41 Å². The van der Waals surface area contributed by atoms with E-state index in [1.165, 1.54) is 0 Å². The van der Waals surface area contributed by atoms with Crippen molar-refractivity contribution in [1.82, 2.24) is 0 Å². The van der Waals surface area contributed by atoms with Crippen molar-refractivity contribution >= 4 is 6.29 Å². The lowest BCUT2D eigenvalue weighted by Gasteiger charge is -2.17. The first-order valence-corrected chi connectivity index (χ1v) is 3.80. The molecule has 0 aromatic carbocycles. The highest BCUT2D eigenvalue weighted by Crippen LogP contribution is 2.39. The van der Waals surface area contributed by atoms with E-state index in [0.717, 1.165) is 25.5 Å². The zero-order valence-corrected chi connectivity index (χ0v) is 6.34. The molecule has 1 rings (SSSR count).